The summed E-state index contributed by atoms with van der Waals surface area (Å²) in [6, 6.07) is 9.97. The minimum absolute atomic E-state index is 0.115. The maximum atomic E-state index is 12.1. The first-order valence-corrected chi connectivity index (χ1v) is 8.56. The summed E-state index contributed by atoms with van der Waals surface area (Å²) < 4.78 is 11.7. The van der Waals surface area contributed by atoms with Gasteiger partial charge in [-0.05, 0) is 55.8 Å². The van der Waals surface area contributed by atoms with Gasteiger partial charge in [-0.3, -0.25) is 4.79 Å². The highest BCUT2D eigenvalue weighted by Gasteiger charge is 2.10. The lowest BCUT2D eigenvalue weighted by Crippen LogP contribution is -2.17. The van der Waals surface area contributed by atoms with Crippen molar-refractivity contribution in [1.82, 2.24) is 5.43 Å². The van der Waals surface area contributed by atoms with Crippen molar-refractivity contribution in [3.8, 4) is 17.2 Å². The molecule has 0 heterocycles. The number of hydrazone groups is 1. The van der Waals surface area contributed by atoms with Crippen molar-refractivity contribution < 1.29 is 19.4 Å². The molecule has 25 heavy (non-hydrogen) atoms. The molecule has 0 saturated heterocycles. The van der Waals surface area contributed by atoms with Gasteiger partial charge in [-0.1, -0.05) is 15.9 Å². The minimum Gasteiger partial charge on any atom is -0.507 e. The summed E-state index contributed by atoms with van der Waals surface area (Å²) >= 11 is 3.26. The van der Waals surface area contributed by atoms with E-state index in [4.69, 9.17) is 9.47 Å². The predicted octanol–water partition coefficient (Wildman–Crippen LogP) is 3.72. The first-order valence-electron chi connectivity index (χ1n) is 7.76. The number of nitrogens with one attached hydrogen (secondary N) is 1. The number of hydrogen-bond donors (Lipinski definition) is 2. The van der Waals surface area contributed by atoms with Crippen LogP contribution in [0.3, 0.4) is 0 Å². The van der Waals surface area contributed by atoms with Gasteiger partial charge < -0.3 is 14.6 Å². The molecule has 0 fully saturated rings. The number of benzene rings is 2. The van der Waals surface area contributed by atoms with Crippen LogP contribution in [0.15, 0.2) is 46.0 Å². The van der Waals surface area contributed by atoms with Crippen LogP contribution < -0.4 is 14.9 Å². The third-order valence-corrected chi connectivity index (χ3v) is 3.64. The number of carbonyl (C=O) groups excluding carboxylic acids is 1. The molecular formula is C18H19BrN2O4. The number of halogens is 1. The molecule has 0 aliphatic carbocycles. The van der Waals surface area contributed by atoms with Gasteiger partial charge in [0, 0.05) is 4.47 Å². The van der Waals surface area contributed by atoms with Crippen LogP contribution in [-0.4, -0.2) is 30.4 Å². The van der Waals surface area contributed by atoms with Gasteiger partial charge in [0.05, 0.1) is 25.0 Å². The summed E-state index contributed by atoms with van der Waals surface area (Å²) in [6.07, 6.45) is 1.49. The van der Waals surface area contributed by atoms with E-state index in [1.807, 2.05) is 13.8 Å². The molecule has 0 saturated carbocycles. The van der Waals surface area contributed by atoms with Crippen molar-refractivity contribution in [3.63, 3.8) is 0 Å². The standard InChI is InChI=1S/C18H19BrN2O4/c1-3-24-16-8-5-12(9-17(16)25-4-2)11-20-21-18(23)14-10-13(19)6-7-15(14)22/h5-11,22H,3-4H2,1-2H3,(H,21,23)/b20-11+. The molecule has 0 bridgehead atoms. The fourth-order valence-electron chi connectivity index (χ4n) is 2.06. The molecule has 0 spiro atoms. The van der Waals surface area contributed by atoms with E-state index in [1.165, 1.54) is 18.3 Å². The normalized spacial score (nSPS) is 10.7. The highest BCUT2D eigenvalue weighted by atomic mass is 79.9. The second-order valence-corrected chi connectivity index (χ2v) is 5.85. The summed E-state index contributed by atoms with van der Waals surface area (Å²) in [6.45, 7) is 4.85. The van der Waals surface area contributed by atoms with Crippen molar-refractivity contribution in [2.45, 2.75) is 13.8 Å². The maximum absolute atomic E-state index is 12.1. The van der Waals surface area contributed by atoms with E-state index in [0.717, 1.165) is 5.56 Å². The average molecular weight is 407 g/mol. The number of ether oxygens (including phenoxy) is 2. The number of rotatable bonds is 7. The second-order valence-electron chi connectivity index (χ2n) is 4.93. The third kappa shape index (κ3) is 5.22. The van der Waals surface area contributed by atoms with Crippen molar-refractivity contribution in [2.24, 2.45) is 5.10 Å². The highest BCUT2D eigenvalue weighted by Crippen LogP contribution is 2.28. The van der Waals surface area contributed by atoms with Crippen molar-refractivity contribution >= 4 is 28.1 Å². The Morgan fingerprint density at radius 3 is 2.60 bits per heavy atom. The fraction of sp³-hybridized carbons (Fsp3) is 0.222. The van der Waals surface area contributed by atoms with Crippen molar-refractivity contribution in [2.75, 3.05) is 13.2 Å². The fourth-order valence-corrected chi connectivity index (χ4v) is 2.42. The van der Waals surface area contributed by atoms with Crippen LogP contribution >= 0.6 is 15.9 Å². The molecule has 0 aromatic heterocycles. The zero-order valence-corrected chi connectivity index (χ0v) is 15.5. The van der Waals surface area contributed by atoms with Crippen LogP contribution in [0, 0.1) is 0 Å². The van der Waals surface area contributed by atoms with Crippen LogP contribution in [-0.2, 0) is 0 Å². The van der Waals surface area contributed by atoms with Crippen molar-refractivity contribution in [1.29, 1.82) is 0 Å². The molecule has 6 nitrogen and oxygen atoms in total. The largest absolute Gasteiger partial charge is 0.507 e. The topological polar surface area (TPSA) is 80.2 Å². The Kier molecular flexibility index (Phi) is 6.82. The number of phenols is 1. The molecule has 0 atom stereocenters. The average Bonchev–Trinajstić information content (AvgIpc) is 2.59. The minimum atomic E-state index is -0.508. The summed E-state index contributed by atoms with van der Waals surface area (Å²) in [5.41, 5.74) is 3.26. The number of carbonyl (C=O) groups is 1. The first kappa shape index (κ1) is 18.8. The molecule has 7 heteroatoms. The van der Waals surface area contributed by atoms with Gasteiger partial charge in [0.1, 0.15) is 5.75 Å². The smallest absolute Gasteiger partial charge is 0.275 e. The number of phenolic OH excluding ortho intramolecular Hbond substituents is 1. The van der Waals surface area contributed by atoms with Crippen LogP contribution in [0.1, 0.15) is 29.8 Å². The van der Waals surface area contributed by atoms with E-state index in [2.05, 4.69) is 26.5 Å². The monoisotopic (exact) mass is 406 g/mol. The molecule has 0 radical (unpaired) electrons. The van der Waals surface area contributed by atoms with E-state index in [9.17, 15) is 9.90 Å². The van der Waals surface area contributed by atoms with Crippen LogP contribution in [0.4, 0.5) is 0 Å². The molecule has 2 N–H and O–H groups in total. The molecule has 0 aliphatic heterocycles. The van der Waals surface area contributed by atoms with E-state index < -0.39 is 5.91 Å². The Labute approximate surface area is 154 Å². The van der Waals surface area contributed by atoms with Gasteiger partial charge in [-0.25, -0.2) is 5.43 Å². The molecule has 0 aliphatic rings. The summed E-state index contributed by atoms with van der Waals surface area (Å²) in [5.74, 6) is 0.649. The molecule has 2 rings (SSSR count). The second kappa shape index (κ2) is 9.08. The lowest BCUT2D eigenvalue weighted by molar-refractivity contribution is 0.0952. The zero-order chi connectivity index (χ0) is 18.2. The van der Waals surface area contributed by atoms with E-state index >= 15 is 0 Å². The van der Waals surface area contributed by atoms with E-state index in [1.54, 1.807) is 24.3 Å². The van der Waals surface area contributed by atoms with Crippen LogP contribution in [0.2, 0.25) is 0 Å². The molecule has 2 aromatic carbocycles. The number of hydrogen-bond acceptors (Lipinski definition) is 5. The lowest BCUT2D eigenvalue weighted by atomic mass is 10.2. The molecule has 132 valence electrons. The van der Waals surface area contributed by atoms with Gasteiger partial charge in [-0.15, -0.1) is 0 Å². The molecular weight excluding hydrogens is 388 g/mol. The zero-order valence-electron chi connectivity index (χ0n) is 14.0. The van der Waals surface area contributed by atoms with Crippen LogP contribution in [0.25, 0.3) is 0 Å². The summed E-state index contributed by atoms with van der Waals surface area (Å²) in [4.78, 5) is 12.1. The van der Waals surface area contributed by atoms with Crippen molar-refractivity contribution in [3.05, 3.63) is 52.0 Å². The quantitative estimate of drug-likeness (QED) is 0.542. The van der Waals surface area contributed by atoms with Gasteiger partial charge >= 0.3 is 0 Å². The van der Waals surface area contributed by atoms with Gasteiger partial charge in [0.2, 0.25) is 0 Å². The van der Waals surface area contributed by atoms with Gasteiger partial charge in [0.15, 0.2) is 11.5 Å². The lowest BCUT2D eigenvalue weighted by Gasteiger charge is -2.11. The van der Waals surface area contributed by atoms with Gasteiger partial charge in [-0.2, -0.15) is 5.10 Å². The Morgan fingerprint density at radius 1 is 1.16 bits per heavy atom. The molecule has 1 amide bonds. The first-order chi connectivity index (χ1) is 12.0. The van der Waals surface area contributed by atoms with Gasteiger partial charge in [0.25, 0.3) is 5.91 Å². The molecule has 0 unspecified atom stereocenters. The Hall–Kier alpha value is -2.54. The number of aromatic hydroxyl groups is 1. The number of nitrogens with zero attached hydrogens (tertiary/aromatic N) is 1. The summed E-state index contributed by atoms with van der Waals surface area (Å²) in [5, 5.41) is 13.7. The summed E-state index contributed by atoms with van der Waals surface area (Å²) in [7, 11) is 0. The SMILES string of the molecule is CCOc1ccc(/C=N/NC(=O)c2cc(Br)ccc2O)cc1OCC. The molecule has 2 aromatic rings. The highest BCUT2D eigenvalue weighted by molar-refractivity contribution is 9.10. The maximum Gasteiger partial charge on any atom is 0.275 e. The third-order valence-electron chi connectivity index (χ3n) is 3.15. The Balaban J connectivity index is 2.09. The van der Waals surface area contributed by atoms with E-state index in [0.29, 0.717) is 29.2 Å². The Morgan fingerprint density at radius 2 is 1.88 bits per heavy atom. The number of amides is 1. The van der Waals surface area contributed by atoms with Crippen LogP contribution in [0.5, 0.6) is 17.2 Å². The Bertz CT molecular complexity index is 778. The van der Waals surface area contributed by atoms with E-state index in [-0.39, 0.29) is 11.3 Å². The predicted molar refractivity (Wildman–Crippen MR) is 99.6 cm³/mol.